The number of hydrogen-bond donors (Lipinski definition) is 1. The summed E-state index contributed by atoms with van der Waals surface area (Å²) in [5.41, 5.74) is 11.4. The Kier molecular flexibility index (Phi) is 8.14. The fourth-order valence-corrected chi connectivity index (χ4v) is 6.28. The number of hydrogen-bond acceptors (Lipinski definition) is 5. The molecule has 1 saturated heterocycles. The number of halogens is 3. The van der Waals surface area contributed by atoms with Gasteiger partial charge in [0.05, 0.1) is 5.92 Å². The molecule has 3 aliphatic rings. The van der Waals surface area contributed by atoms with E-state index in [2.05, 4.69) is 37.9 Å². The van der Waals surface area contributed by atoms with E-state index >= 15 is 0 Å². The molecule has 214 valence electrons. The van der Waals surface area contributed by atoms with E-state index in [4.69, 9.17) is 10.3 Å². The van der Waals surface area contributed by atoms with Crippen LogP contribution in [0.1, 0.15) is 61.6 Å². The molecule has 40 heavy (non-hydrogen) atoms. The van der Waals surface area contributed by atoms with Crippen LogP contribution in [0.4, 0.5) is 18.9 Å². The van der Waals surface area contributed by atoms with Crippen LogP contribution in [0.15, 0.2) is 41.5 Å². The van der Waals surface area contributed by atoms with Crippen molar-refractivity contribution < 1.29 is 32.5 Å². The summed E-state index contributed by atoms with van der Waals surface area (Å²) in [5, 5.41) is 13.2. The van der Waals surface area contributed by atoms with Crippen molar-refractivity contribution in [3.05, 3.63) is 63.5 Å². The number of azide groups is 1. The quantitative estimate of drug-likeness (QED) is 0.197. The average molecular weight is 559 g/mol. The van der Waals surface area contributed by atoms with E-state index in [0.29, 0.717) is 30.5 Å². The molecule has 1 aliphatic carbocycles. The second kappa shape index (κ2) is 11.6. The summed E-state index contributed by atoms with van der Waals surface area (Å²) >= 11 is 0. The number of carbonyl (C=O) groups is 1. The molecule has 3 atom stereocenters. The van der Waals surface area contributed by atoms with Gasteiger partial charge in [0.2, 0.25) is 0 Å². The number of likely N-dealkylation sites (tertiary alicyclic amines) is 1. The van der Waals surface area contributed by atoms with Crippen LogP contribution in [-0.4, -0.2) is 41.5 Å². The van der Waals surface area contributed by atoms with Crippen LogP contribution in [0.5, 0.6) is 11.5 Å². The second-order valence-electron chi connectivity index (χ2n) is 11.2. The van der Waals surface area contributed by atoms with Crippen molar-refractivity contribution in [2.45, 2.75) is 70.4 Å². The molecule has 0 amide bonds. The van der Waals surface area contributed by atoms with Crippen LogP contribution < -0.4 is 9.47 Å². The Morgan fingerprint density at radius 3 is 2.58 bits per heavy atom. The number of alkyl halides is 3. The highest BCUT2D eigenvalue weighted by molar-refractivity contribution is 5.71. The van der Waals surface area contributed by atoms with E-state index in [0.717, 1.165) is 55.4 Å². The van der Waals surface area contributed by atoms with Crippen molar-refractivity contribution in [3.8, 4) is 11.5 Å². The van der Waals surface area contributed by atoms with Gasteiger partial charge in [-0.15, -0.1) is 13.2 Å². The van der Waals surface area contributed by atoms with Gasteiger partial charge in [0, 0.05) is 22.7 Å². The van der Waals surface area contributed by atoms with Crippen LogP contribution in [0.2, 0.25) is 0 Å². The third-order valence-electron chi connectivity index (χ3n) is 8.49. The predicted octanol–water partition coefficient (Wildman–Crippen LogP) is 7.35. The highest BCUT2D eigenvalue weighted by atomic mass is 19.4. The number of nitrogens with zero attached hydrogens (tertiary/aromatic N) is 4. The maximum absolute atomic E-state index is 12.9. The maximum atomic E-state index is 12.9. The van der Waals surface area contributed by atoms with Crippen LogP contribution in [-0.2, 0) is 17.8 Å². The molecular formula is C29H33F3N4O4. The van der Waals surface area contributed by atoms with Gasteiger partial charge >= 0.3 is 12.3 Å². The summed E-state index contributed by atoms with van der Waals surface area (Å²) in [5.74, 6) is 0.0246. The molecule has 2 heterocycles. The SMILES string of the molecule is C[C@H](C(=O)O)[C@H](c1ccc2c(c1)O[C@H](C1CCN(Cc3cc(N=[N+]=[N-])ccc3OC(F)(F)F)CC1)CC2)C1CC1. The van der Waals surface area contributed by atoms with Gasteiger partial charge in [-0.1, -0.05) is 24.2 Å². The average Bonchev–Trinajstić information content (AvgIpc) is 3.75. The summed E-state index contributed by atoms with van der Waals surface area (Å²) in [4.78, 5) is 16.6. The van der Waals surface area contributed by atoms with Gasteiger partial charge in [0.15, 0.2) is 0 Å². The minimum Gasteiger partial charge on any atom is -0.490 e. The molecule has 1 saturated carbocycles. The summed E-state index contributed by atoms with van der Waals surface area (Å²) in [6.07, 6.45) is 0.805. The van der Waals surface area contributed by atoms with E-state index in [9.17, 15) is 23.1 Å². The largest absolute Gasteiger partial charge is 0.573 e. The van der Waals surface area contributed by atoms with Crippen molar-refractivity contribution in [2.75, 3.05) is 13.1 Å². The number of fused-ring (bicyclic) bond motifs is 1. The zero-order chi connectivity index (χ0) is 28.4. The van der Waals surface area contributed by atoms with E-state index in [1.165, 1.54) is 18.2 Å². The normalized spacial score (nSPS) is 21.4. The van der Waals surface area contributed by atoms with Crippen molar-refractivity contribution in [1.82, 2.24) is 4.90 Å². The minimum absolute atomic E-state index is 0.0152. The number of benzene rings is 2. The second-order valence-corrected chi connectivity index (χ2v) is 11.2. The number of aryl methyl sites for hydroxylation is 1. The molecule has 11 heteroatoms. The van der Waals surface area contributed by atoms with Crippen molar-refractivity contribution in [1.29, 1.82) is 0 Å². The van der Waals surface area contributed by atoms with Crippen molar-refractivity contribution in [2.24, 2.45) is 22.9 Å². The summed E-state index contributed by atoms with van der Waals surface area (Å²) in [6, 6.07) is 10.1. The first-order valence-electron chi connectivity index (χ1n) is 13.8. The lowest BCUT2D eigenvalue weighted by Gasteiger charge is -2.38. The molecule has 5 rings (SSSR count). The standard InChI is InChI=1S/C29H33F3N4O4/c1-17(28(37)38)27(20-3-4-20)21-5-2-18-6-8-24(39-26(18)15-21)19-10-12-36(13-11-19)16-22-14-23(34-35-33)7-9-25(22)40-29(30,31)32/h2,5,7,9,14-15,17,19-20,24,27H,3-4,6,8,10-13,16H2,1H3,(H,37,38)/t17-,24-,27-/m0/s1. The molecule has 1 N–H and O–H groups in total. The highest BCUT2D eigenvalue weighted by Crippen LogP contribution is 2.48. The molecule has 2 aliphatic heterocycles. The molecule has 8 nitrogen and oxygen atoms in total. The lowest BCUT2D eigenvalue weighted by atomic mass is 9.81. The minimum atomic E-state index is -4.82. The Morgan fingerprint density at radius 2 is 1.93 bits per heavy atom. The first kappa shape index (κ1) is 28.1. The van der Waals surface area contributed by atoms with E-state index < -0.39 is 18.2 Å². The molecule has 0 bridgehead atoms. The van der Waals surface area contributed by atoms with Gasteiger partial charge < -0.3 is 14.6 Å². The summed E-state index contributed by atoms with van der Waals surface area (Å²) in [6.45, 7) is 3.41. The third-order valence-corrected chi connectivity index (χ3v) is 8.49. The molecule has 0 spiro atoms. The summed E-state index contributed by atoms with van der Waals surface area (Å²) < 4.78 is 49.6. The predicted molar refractivity (Wildman–Crippen MR) is 141 cm³/mol. The van der Waals surface area contributed by atoms with Gasteiger partial charge in [-0.05, 0) is 110 Å². The first-order valence-corrected chi connectivity index (χ1v) is 13.8. The molecular weight excluding hydrogens is 525 g/mol. The lowest BCUT2D eigenvalue weighted by Crippen LogP contribution is -2.40. The molecule has 0 aromatic heterocycles. The molecule has 2 aromatic carbocycles. The van der Waals surface area contributed by atoms with E-state index in [1.54, 1.807) is 6.92 Å². The Hall–Kier alpha value is -3.43. The fraction of sp³-hybridized carbons (Fsp3) is 0.552. The van der Waals surface area contributed by atoms with Gasteiger partial charge in [-0.3, -0.25) is 9.69 Å². The number of aliphatic carboxylic acids is 1. The highest BCUT2D eigenvalue weighted by Gasteiger charge is 2.39. The maximum Gasteiger partial charge on any atom is 0.573 e. The van der Waals surface area contributed by atoms with Gasteiger partial charge in [0.25, 0.3) is 0 Å². The van der Waals surface area contributed by atoms with Crippen LogP contribution >= 0.6 is 0 Å². The smallest absolute Gasteiger partial charge is 0.490 e. The Balaban J connectivity index is 1.23. The van der Waals surface area contributed by atoms with Crippen LogP contribution in [0.3, 0.4) is 0 Å². The number of ether oxygens (including phenoxy) is 2. The molecule has 2 aromatic rings. The van der Waals surface area contributed by atoms with E-state index in [1.807, 2.05) is 0 Å². The topological polar surface area (TPSA) is 108 Å². The molecule has 0 unspecified atom stereocenters. The van der Waals surface area contributed by atoms with E-state index in [-0.39, 0.29) is 30.0 Å². The molecule has 2 fully saturated rings. The Morgan fingerprint density at radius 1 is 1.18 bits per heavy atom. The zero-order valence-corrected chi connectivity index (χ0v) is 22.3. The van der Waals surface area contributed by atoms with Gasteiger partial charge in [-0.25, -0.2) is 0 Å². The third kappa shape index (κ3) is 6.64. The number of carboxylic acid groups (broad SMARTS) is 1. The van der Waals surface area contributed by atoms with Crippen LogP contribution in [0, 0.1) is 17.8 Å². The van der Waals surface area contributed by atoms with Crippen molar-refractivity contribution >= 4 is 11.7 Å². The zero-order valence-electron chi connectivity index (χ0n) is 22.3. The fourth-order valence-electron chi connectivity index (χ4n) is 6.28. The van der Waals surface area contributed by atoms with Crippen LogP contribution in [0.25, 0.3) is 10.4 Å². The Bertz CT molecular complexity index is 1280. The monoisotopic (exact) mass is 558 g/mol. The number of rotatable bonds is 9. The number of carboxylic acids is 1. The first-order chi connectivity index (χ1) is 19.1. The van der Waals surface area contributed by atoms with Crippen molar-refractivity contribution in [3.63, 3.8) is 0 Å². The van der Waals surface area contributed by atoms with Gasteiger partial charge in [0.1, 0.15) is 17.6 Å². The van der Waals surface area contributed by atoms with Gasteiger partial charge in [-0.2, -0.15) is 0 Å². The number of piperidine rings is 1. The Labute approximate surface area is 230 Å². The lowest BCUT2D eigenvalue weighted by molar-refractivity contribution is -0.275. The molecule has 0 radical (unpaired) electrons. The summed E-state index contributed by atoms with van der Waals surface area (Å²) in [7, 11) is 0.